The van der Waals surface area contributed by atoms with Crippen molar-refractivity contribution in [3.05, 3.63) is 35.6 Å². The molecule has 2 aliphatic heterocycles. The van der Waals surface area contributed by atoms with Crippen LogP contribution < -0.4 is 5.32 Å². The predicted octanol–water partition coefficient (Wildman–Crippen LogP) is 1.67. The van der Waals surface area contributed by atoms with E-state index in [0.29, 0.717) is 31.5 Å². The summed E-state index contributed by atoms with van der Waals surface area (Å²) in [6.45, 7) is 1.13. The monoisotopic (exact) mass is 415 g/mol. The van der Waals surface area contributed by atoms with Crippen LogP contribution in [-0.2, 0) is 14.3 Å². The molecular formula is C22H26FN3O4. The second kappa shape index (κ2) is 7.34. The van der Waals surface area contributed by atoms with Crippen molar-refractivity contribution in [2.75, 3.05) is 19.7 Å². The standard InChI is InChI=1S/C22H26FN3O4/c23-16-5-3-15(4-6-16)21(29)26-18(19(27)24-17-7-8-17)13-30-22(26)9-11-25(12-10-22)20(28)14-1-2-14/h3-6,14,17-18H,1-2,7-13H2,(H,24,27)/t18-/m0/s1. The van der Waals surface area contributed by atoms with E-state index in [4.69, 9.17) is 4.74 Å². The minimum absolute atomic E-state index is 0.127. The van der Waals surface area contributed by atoms with Crippen molar-refractivity contribution in [3.63, 3.8) is 0 Å². The summed E-state index contributed by atoms with van der Waals surface area (Å²) in [7, 11) is 0. The Balaban J connectivity index is 1.39. The van der Waals surface area contributed by atoms with Crippen molar-refractivity contribution < 1.29 is 23.5 Å². The smallest absolute Gasteiger partial charge is 0.256 e. The molecule has 4 fully saturated rings. The molecule has 8 heteroatoms. The number of amides is 3. The topological polar surface area (TPSA) is 79.0 Å². The molecule has 1 aromatic carbocycles. The van der Waals surface area contributed by atoms with E-state index in [2.05, 4.69) is 5.32 Å². The number of nitrogens with zero attached hydrogens (tertiary/aromatic N) is 2. The third-order valence-corrected chi connectivity index (χ3v) is 6.58. The summed E-state index contributed by atoms with van der Waals surface area (Å²) >= 11 is 0. The van der Waals surface area contributed by atoms with Crippen LogP contribution in [0.15, 0.2) is 24.3 Å². The van der Waals surface area contributed by atoms with Gasteiger partial charge in [0, 0.05) is 43.5 Å². The molecule has 0 bridgehead atoms. The Morgan fingerprint density at radius 3 is 2.30 bits per heavy atom. The first kappa shape index (κ1) is 19.5. The lowest BCUT2D eigenvalue weighted by molar-refractivity contribution is -0.144. The molecule has 2 aliphatic carbocycles. The van der Waals surface area contributed by atoms with E-state index in [0.717, 1.165) is 25.7 Å². The molecule has 1 aromatic rings. The van der Waals surface area contributed by atoms with Crippen LogP contribution in [0.2, 0.25) is 0 Å². The predicted molar refractivity (Wildman–Crippen MR) is 105 cm³/mol. The summed E-state index contributed by atoms with van der Waals surface area (Å²) in [5.41, 5.74) is -0.598. The van der Waals surface area contributed by atoms with E-state index in [1.165, 1.54) is 24.3 Å². The summed E-state index contributed by atoms with van der Waals surface area (Å²) < 4.78 is 19.5. The Morgan fingerprint density at radius 1 is 1.03 bits per heavy atom. The fourth-order valence-electron chi connectivity index (χ4n) is 4.49. The van der Waals surface area contributed by atoms with Crippen LogP contribution in [0, 0.1) is 11.7 Å². The van der Waals surface area contributed by atoms with Crippen molar-refractivity contribution in [2.24, 2.45) is 5.92 Å². The minimum atomic E-state index is -0.919. The van der Waals surface area contributed by atoms with Crippen molar-refractivity contribution in [1.29, 1.82) is 0 Å². The molecule has 7 nitrogen and oxygen atoms in total. The molecule has 160 valence electrons. The number of ether oxygens (including phenoxy) is 1. The van der Waals surface area contributed by atoms with E-state index in [1.54, 1.807) is 4.90 Å². The van der Waals surface area contributed by atoms with E-state index < -0.39 is 17.6 Å². The van der Waals surface area contributed by atoms with Gasteiger partial charge < -0.3 is 15.0 Å². The van der Waals surface area contributed by atoms with Gasteiger partial charge >= 0.3 is 0 Å². The van der Waals surface area contributed by atoms with Crippen molar-refractivity contribution in [1.82, 2.24) is 15.1 Å². The highest BCUT2D eigenvalue weighted by Gasteiger charge is 2.55. The number of hydrogen-bond acceptors (Lipinski definition) is 4. The van der Waals surface area contributed by atoms with Gasteiger partial charge in [0.2, 0.25) is 11.8 Å². The largest absolute Gasteiger partial charge is 0.353 e. The fraction of sp³-hybridized carbons (Fsp3) is 0.591. The molecule has 0 aromatic heterocycles. The normalized spacial score (nSPS) is 25.4. The summed E-state index contributed by atoms with van der Waals surface area (Å²) in [6.07, 6.45) is 4.74. The molecule has 2 saturated carbocycles. The number of nitrogens with one attached hydrogen (secondary N) is 1. The number of likely N-dealkylation sites (tertiary alicyclic amines) is 1. The number of rotatable bonds is 4. The molecule has 30 heavy (non-hydrogen) atoms. The van der Waals surface area contributed by atoms with Gasteiger partial charge in [0.25, 0.3) is 5.91 Å². The zero-order chi connectivity index (χ0) is 20.9. The van der Waals surface area contributed by atoms with Crippen LogP contribution in [0.3, 0.4) is 0 Å². The van der Waals surface area contributed by atoms with Crippen molar-refractivity contribution in [3.8, 4) is 0 Å². The molecule has 1 N–H and O–H groups in total. The lowest BCUT2D eigenvalue weighted by Crippen LogP contribution is -2.60. The molecule has 5 rings (SSSR count). The lowest BCUT2D eigenvalue weighted by Gasteiger charge is -2.44. The van der Waals surface area contributed by atoms with E-state index in [9.17, 15) is 18.8 Å². The highest BCUT2D eigenvalue weighted by atomic mass is 19.1. The van der Waals surface area contributed by atoms with Gasteiger partial charge in [-0.05, 0) is 49.9 Å². The van der Waals surface area contributed by atoms with Crippen LogP contribution in [0.4, 0.5) is 4.39 Å². The minimum Gasteiger partial charge on any atom is -0.353 e. The van der Waals surface area contributed by atoms with Gasteiger partial charge in [0.15, 0.2) is 0 Å². The highest BCUT2D eigenvalue weighted by molar-refractivity contribution is 5.98. The maximum atomic E-state index is 13.4. The summed E-state index contributed by atoms with van der Waals surface area (Å²) in [6, 6.07) is 4.81. The Labute approximate surface area is 174 Å². The van der Waals surface area contributed by atoms with Gasteiger partial charge in [0.05, 0.1) is 6.61 Å². The lowest BCUT2D eigenvalue weighted by atomic mass is 9.96. The third kappa shape index (κ3) is 3.57. The third-order valence-electron chi connectivity index (χ3n) is 6.58. The van der Waals surface area contributed by atoms with Gasteiger partial charge in [-0.2, -0.15) is 0 Å². The first-order chi connectivity index (χ1) is 14.5. The molecule has 2 heterocycles. The molecular weight excluding hydrogens is 389 g/mol. The van der Waals surface area contributed by atoms with Gasteiger partial charge in [-0.25, -0.2) is 4.39 Å². The molecule has 3 amide bonds. The molecule has 1 spiro atoms. The maximum Gasteiger partial charge on any atom is 0.256 e. The van der Waals surface area contributed by atoms with Gasteiger partial charge in [-0.1, -0.05) is 0 Å². The summed E-state index contributed by atoms with van der Waals surface area (Å²) in [5.74, 6) is -0.638. The quantitative estimate of drug-likeness (QED) is 0.812. The van der Waals surface area contributed by atoms with Gasteiger partial charge in [-0.15, -0.1) is 0 Å². The van der Waals surface area contributed by atoms with Crippen LogP contribution in [0.5, 0.6) is 0 Å². The molecule has 4 aliphatic rings. The Hall–Kier alpha value is -2.48. The second-order valence-electron chi connectivity index (χ2n) is 8.84. The van der Waals surface area contributed by atoms with Gasteiger partial charge in [-0.3, -0.25) is 19.3 Å². The molecule has 0 unspecified atom stereocenters. The first-order valence-corrected chi connectivity index (χ1v) is 10.8. The SMILES string of the molecule is O=C(NC1CC1)[C@@H]1COC2(CCN(C(=O)C3CC3)CC2)N1C(=O)c1ccc(F)cc1. The molecule has 1 atom stereocenters. The number of halogens is 1. The van der Waals surface area contributed by atoms with E-state index in [1.807, 2.05) is 4.90 Å². The van der Waals surface area contributed by atoms with Gasteiger partial charge in [0.1, 0.15) is 17.6 Å². The molecule has 2 saturated heterocycles. The zero-order valence-corrected chi connectivity index (χ0v) is 16.8. The average molecular weight is 415 g/mol. The average Bonchev–Trinajstić information content (AvgIpc) is 3.67. The van der Waals surface area contributed by atoms with Crippen LogP contribution in [0.1, 0.15) is 48.9 Å². The Bertz CT molecular complexity index is 858. The summed E-state index contributed by atoms with van der Waals surface area (Å²) in [4.78, 5) is 42.2. The first-order valence-electron chi connectivity index (χ1n) is 10.8. The number of carbonyl (C=O) groups is 3. The number of benzene rings is 1. The van der Waals surface area contributed by atoms with E-state index >= 15 is 0 Å². The number of carbonyl (C=O) groups excluding carboxylic acids is 3. The van der Waals surface area contributed by atoms with Crippen molar-refractivity contribution >= 4 is 17.7 Å². The van der Waals surface area contributed by atoms with Crippen LogP contribution in [0.25, 0.3) is 0 Å². The van der Waals surface area contributed by atoms with Crippen LogP contribution >= 0.6 is 0 Å². The Morgan fingerprint density at radius 2 is 1.70 bits per heavy atom. The number of hydrogen-bond donors (Lipinski definition) is 1. The Kier molecular flexibility index (Phi) is 4.76. The summed E-state index contributed by atoms with van der Waals surface area (Å²) in [5, 5.41) is 2.98. The maximum absolute atomic E-state index is 13.4. The fourth-order valence-corrected chi connectivity index (χ4v) is 4.49. The second-order valence-corrected chi connectivity index (χ2v) is 8.84. The zero-order valence-electron chi connectivity index (χ0n) is 16.8. The van der Waals surface area contributed by atoms with Crippen LogP contribution in [-0.4, -0.2) is 65.0 Å². The highest BCUT2D eigenvalue weighted by Crippen LogP contribution is 2.40. The molecule has 0 radical (unpaired) electrons. The number of piperidine rings is 1. The van der Waals surface area contributed by atoms with E-state index in [-0.39, 0.29) is 36.3 Å². The van der Waals surface area contributed by atoms with Crippen molar-refractivity contribution in [2.45, 2.75) is 56.3 Å².